The van der Waals surface area contributed by atoms with Gasteiger partial charge in [0.05, 0.1) is 0 Å². The van der Waals surface area contributed by atoms with Gasteiger partial charge in [-0.15, -0.1) is 0 Å². The average Bonchev–Trinajstić information content (AvgIpc) is 3.40. The molecular weight excluding hydrogens is 611 g/mol. The zero-order valence-electron chi connectivity index (χ0n) is 27.7. The van der Waals surface area contributed by atoms with Crippen molar-refractivity contribution in [2.24, 2.45) is 0 Å². The van der Waals surface area contributed by atoms with Crippen molar-refractivity contribution in [1.29, 1.82) is 0 Å². The third-order valence-corrected chi connectivity index (χ3v) is 10.3. The van der Waals surface area contributed by atoms with E-state index < -0.39 is 0 Å². The molecule has 0 radical (unpaired) electrons. The molecule has 10 rings (SSSR count). The first-order valence-corrected chi connectivity index (χ1v) is 17.0. The van der Waals surface area contributed by atoms with E-state index in [1.807, 2.05) is 36.4 Å². The Labute approximate surface area is 290 Å². The minimum Gasteiger partial charge on any atom is -0.456 e. The van der Waals surface area contributed by atoms with E-state index in [4.69, 9.17) is 19.7 Å². The van der Waals surface area contributed by atoms with Gasteiger partial charge in [-0.05, 0) is 68.6 Å². The lowest BCUT2D eigenvalue weighted by atomic mass is 9.82. The first-order valence-electron chi connectivity index (χ1n) is 17.0. The summed E-state index contributed by atoms with van der Waals surface area (Å²) in [6.45, 7) is 4.59. The molecule has 4 heteroatoms. The topological polar surface area (TPSA) is 47.9 Å². The molecule has 0 saturated heterocycles. The monoisotopic (exact) mass is 641 g/mol. The van der Waals surface area contributed by atoms with Crippen LogP contribution in [-0.2, 0) is 5.41 Å². The minimum absolute atomic E-state index is 0.117. The summed E-state index contributed by atoms with van der Waals surface area (Å²) in [4.78, 5) is 15.1. The van der Waals surface area contributed by atoms with Crippen LogP contribution in [-0.4, -0.2) is 15.0 Å². The van der Waals surface area contributed by atoms with E-state index in [2.05, 4.69) is 129 Å². The summed E-state index contributed by atoms with van der Waals surface area (Å²) in [5, 5.41) is 2.35. The molecule has 236 valence electrons. The highest BCUT2D eigenvalue weighted by molar-refractivity contribution is 6.04. The third kappa shape index (κ3) is 4.42. The van der Waals surface area contributed by atoms with E-state index in [0.29, 0.717) is 17.5 Å². The molecule has 1 aliphatic heterocycles. The minimum atomic E-state index is -0.117. The van der Waals surface area contributed by atoms with Gasteiger partial charge in [0.15, 0.2) is 17.5 Å². The number of aromatic nitrogens is 3. The van der Waals surface area contributed by atoms with Crippen LogP contribution < -0.4 is 4.74 Å². The molecule has 2 aliphatic rings. The maximum Gasteiger partial charge on any atom is 0.164 e. The maximum absolute atomic E-state index is 6.45. The summed E-state index contributed by atoms with van der Waals surface area (Å²) < 4.78 is 6.45. The van der Waals surface area contributed by atoms with Crippen LogP contribution in [0.1, 0.15) is 25.0 Å². The van der Waals surface area contributed by atoms with Crippen LogP contribution in [0.4, 0.5) is 0 Å². The Morgan fingerprint density at radius 3 is 1.78 bits per heavy atom. The lowest BCUT2D eigenvalue weighted by Crippen LogP contribution is -2.15. The molecule has 50 heavy (non-hydrogen) atoms. The number of benzene rings is 7. The van der Waals surface area contributed by atoms with Gasteiger partial charge in [0.25, 0.3) is 0 Å². The van der Waals surface area contributed by atoms with E-state index in [1.54, 1.807) is 0 Å². The highest BCUT2D eigenvalue weighted by Crippen LogP contribution is 2.50. The first-order chi connectivity index (χ1) is 24.5. The molecule has 0 amide bonds. The van der Waals surface area contributed by atoms with E-state index >= 15 is 0 Å². The largest absolute Gasteiger partial charge is 0.456 e. The van der Waals surface area contributed by atoms with Gasteiger partial charge in [0.2, 0.25) is 0 Å². The molecular formula is C46H31N3O. The molecule has 0 fully saturated rings. The van der Waals surface area contributed by atoms with Crippen LogP contribution >= 0.6 is 0 Å². The molecule has 0 N–H and O–H groups in total. The summed E-state index contributed by atoms with van der Waals surface area (Å²) in [7, 11) is 0. The second kappa shape index (κ2) is 10.8. The molecule has 4 nitrogen and oxygen atoms in total. The number of fused-ring (bicyclic) bond motifs is 5. The Morgan fingerprint density at radius 2 is 0.980 bits per heavy atom. The molecule has 0 unspecified atom stereocenters. The van der Waals surface area contributed by atoms with Crippen molar-refractivity contribution in [3.63, 3.8) is 0 Å². The normalized spacial score (nSPS) is 13.3. The predicted octanol–water partition coefficient (Wildman–Crippen LogP) is 11.8. The van der Waals surface area contributed by atoms with Crippen molar-refractivity contribution in [2.75, 3.05) is 0 Å². The summed E-state index contributed by atoms with van der Waals surface area (Å²) in [5.41, 5.74) is 12.5. The van der Waals surface area contributed by atoms with Crippen LogP contribution in [0.3, 0.4) is 0 Å². The standard InChI is InChI=1S/C46H31N3O/c1-46(2)38-16-7-6-14-34(38)35-24-23-33(26-39(35)46)45-48-43(30-10-4-3-5-11-30)47-44(49-45)31-20-18-28(19-21-31)32-22-25-36-37-15-8-12-29-13-9-17-40(42(29)37)50-41(36)27-32/h3-27H,1-2H3. The van der Waals surface area contributed by atoms with Crippen molar-refractivity contribution in [2.45, 2.75) is 19.3 Å². The fourth-order valence-corrected chi connectivity index (χ4v) is 7.75. The van der Waals surface area contributed by atoms with E-state index in [9.17, 15) is 0 Å². The number of hydrogen-bond donors (Lipinski definition) is 0. The van der Waals surface area contributed by atoms with Gasteiger partial charge in [-0.2, -0.15) is 0 Å². The zero-order valence-corrected chi connectivity index (χ0v) is 27.7. The second-order valence-corrected chi connectivity index (χ2v) is 13.7. The summed E-state index contributed by atoms with van der Waals surface area (Å²) in [6, 6.07) is 53.1. The van der Waals surface area contributed by atoms with Crippen LogP contribution in [0.15, 0.2) is 152 Å². The van der Waals surface area contributed by atoms with E-state index in [1.165, 1.54) is 38.6 Å². The molecule has 0 saturated carbocycles. The Morgan fingerprint density at radius 1 is 0.400 bits per heavy atom. The lowest BCUT2D eigenvalue weighted by Gasteiger charge is -2.22. The second-order valence-electron chi connectivity index (χ2n) is 13.7. The molecule has 0 atom stereocenters. The van der Waals surface area contributed by atoms with Gasteiger partial charge in [-0.25, -0.2) is 15.0 Å². The Balaban J connectivity index is 1.03. The Hall–Kier alpha value is -6.39. The highest BCUT2D eigenvalue weighted by Gasteiger charge is 2.35. The van der Waals surface area contributed by atoms with Crippen LogP contribution in [0.2, 0.25) is 0 Å². The molecule has 2 heterocycles. The molecule has 0 spiro atoms. The third-order valence-electron chi connectivity index (χ3n) is 10.3. The van der Waals surface area contributed by atoms with Gasteiger partial charge >= 0.3 is 0 Å². The van der Waals surface area contributed by atoms with Gasteiger partial charge in [-0.1, -0.05) is 141 Å². The van der Waals surface area contributed by atoms with Crippen LogP contribution in [0.25, 0.3) is 78.3 Å². The van der Waals surface area contributed by atoms with Crippen molar-refractivity contribution < 1.29 is 4.74 Å². The van der Waals surface area contributed by atoms with Crippen molar-refractivity contribution in [1.82, 2.24) is 15.0 Å². The van der Waals surface area contributed by atoms with E-state index in [-0.39, 0.29) is 5.41 Å². The van der Waals surface area contributed by atoms with E-state index in [0.717, 1.165) is 44.9 Å². The molecule has 0 bridgehead atoms. The van der Waals surface area contributed by atoms with Crippen molar-refractivity contribution in [3.8, 4) is 79.0 Å². The molecule has 7 aromatic carbocycles. The number of rotatable bonds is 4. The quantitative estimate of drug-likeness (QED) is 0.192. The van der Waals surface area contributed by atoms with Crippen LogP contribution in [0, 0.1) is 0 Å². The first kappa shape index (κ1) is 28.6. The molecule has 8 aromatic rings. The molecule has 1 aromatic heterocycles. The maximum atomic E-state index is 6.45. The van der Waals surface area contributed by atoms with Crippen molar-refractivity contribution in [3.05, 3.63) is 163 Å². The highest BCUT2D eigenvalue weighted by atomic mass is 16.5. The average molecular weight is 642 g/mol. The zero-order chi connectivity index (χ0) is 33.4. The number of nitrogens with zero attached hydrogens (tertiary/aromatic N) is 3. The smallest absolute Gasteiger partial charge is 0.164 e. The predicted molar refractivity (Wildman–Crippen MR) is 202 cm³/mol. The number of ether oxygens (including phenoxy) is 1. The summed E-state index contributed by atoms with van der Waals surface area (Å²) in [5.74, 6) is 3.72. The van der Waals surface area contributed by atoms with Crippen molar-refractivity contribution >= 4 is 10.8 Å². The van der Waals surface area contributed by atoms with Gasteiger partial charge in [-0.3, -0.25) is 0 Å². The summed E-state index contributed by atoms with van der Waals surface area (Å²) >= 11 is 0. The van der Waals surface area contributed by atoms with Gasteiger partial charge in [0, 0.05) is 33.1 Å². The van der Waals surface area contributed by atoms with Gasteiger partial charge < -0.3 is 4.74 Å². The van der Waals surface area contributed by atoms with Gasteiger partial charge in [0.1, 0.15) is 11.5 Å². The number of hydrogen-bond acceptors (Lipinski definition) is 4. The summed E-state index contributed by atoms with van der Waals surface area (Å²) in [6.07, 6.45) is 0. The molecule has 1 aliphatic carbocycles. The Kier molecular flexibility index (Phi) is 6.19. The SMILES string of the molecule is CC1(C)c2ccccc2-c2ccc(-c3nc(-c4ccccc4)nc(-c4ccc(-c5ccc6c(c5)Oc5cccc7cccc-6c57)cc4)n3)cc21. The lowest BCUT2D eigenvalue weighted by molar-refractivity contribution is 0.487. The fraction of sp³-hybridized carbons (Fsp3) is 0.0652. The Bertz CT molecular complexity index is 2640. The van der Waals surface area contributed by atoms with Crippen LogP contribution in [0.5, 0.6) is 11.5 Å². The fourth-order valence-electron chi connectivity index (χ4n) is 7.75.